The summed E-state index contributed by atoms with van der Waals surface area (Å²) in [6.07, 6.45) is 0.372. The van der Waals surface area contributed by atoms with E-state index in [1.165, 1.54) is 0 Å². The fourth-order valence-electron chi connectivity index (χ4n) is 2.96. The number of carboxylic acids is 1. The van der Waals surface area contributed by atoms with Crippen LogP contribution in [0, 0.1) is 27.7 Å². The molecule has 0 aliphatic heterocycles. The summed E-state index contributed by atoms with van der Waals surface area (Å²) in [5.41, 5.74) is 6.08. The van der Waals surface area contributed by atoms with Crippen LogP contribution in [0.25, 0.3) is 16.7 Å². The van der Waals surface area contributed by atoms with Crippen molar-refractivity contribution in [2.75, 3.05) is 0 Å². The molecule has 3 rings (SSSR count). The number of carbonyl (C=O) groups excluding carboxylic acids is 1. The third kappa shape index (κ3) is 2.20. The van der Waals surface area contributed by atoms with Crippen LogP contribution in [0.1, 0.15) is 34.6 Å². The van der Waals surface area contributed by atoms with Gasteiger partial charge in [0.25, 0.3) is 0 Å². The van der Waals surface area contributed by atoms with Gasteiger partial charge >= 0.3 is 0 Å². The molecule has 0 aliphatic rings. The SMILES string of the molecule is Cc1cc(C)c2c(n1)nn1c(C)c(CCC(=O)[O-])c(C)nc21. The van der Waals surface area contributed by atoms with Gasteiger partial charge in [0.05, 0.1) is 5.39 Å². The van der Waals surface area contributed by atoms with E-state index < -0.39 is 5.97 Å². The Hall–Kier alpha value is -2.50. The Bertz CT molecular complexity index is 912. The van der Waals surface area contributed by atoms with Gasteiger partial charge in [0.15, 0.2) is 11.3 Å². The van der Waals surface area contributed by atoms with Gasteiger partial charge in [-0.3, -0.25) is 0 Å². The molecule has 0 bridgehead atoms. The second kappa shape index (κ2) is 5.05. The molecule has 3 heterocycles. The molecule has 0 amide bonds. The van der Waals surface area contributed by atoms with Crippen LogP contribution in [0.15, 0.2) is 6.07 Å². The Kier molecular flexibility index (Phi) is 3.31. The van der Waals surface area contributed by atoms with Gasteiger partial charge in [-0.05, 0) is 57.7 Å². The van der Waals surface area contributed by atoms with Gasteiger partial charge in [0.2, 0.25) is 0 Å². The summed E-state index contributed by atoms with van der Waals surface area (Å²) in [4.78, 5) is 19.8. The van der Waals surface area contributed by atoms with Gasteiger partial charge in [0.1, 0.15) is 0 Å². The highest BCUT2D eigenvalue weighted by atomic mass is 16.4. The second-order valence-electron chi connectivity index (χ2n) is 5.65. The van der Waals surface area contributed by atoms with Crippen molar-refractivity contribution in [1.82, 2.24) is 19.6 Å². The minimum atomic E-state index is -1.06. The van der Waals surface area contributed by atoms with Crippen molar-refractivity contribution in [1.29, 1.82) is 0 Å². The van der Waals surface area contributed by atoms with Crippen LogP contribution in [0.3, 0.4) is 0 Å². The third-order valence-corrected chi connectivity index (χ3v) is 3.99. The molecular formula is C16H17N4O2-. The van der Waals surface area contributed by atoms with Crippen LogP contribution < -0.4 is 5.11 Å². The predicted molar refractivity (Wildman–Crippen MR) is 80.6 cm³/mol. The van der Waals surface area contributed by atoms with E-state index in [2.05, 4.69) is 15.1 Å². The number of carboxylic acid groups (broad SMARTS) is 1. The van der Waals surface area contributed by atoms with Gasteiger partial charge in [-0.1, -0.05) is 0 Å². The third-order valence-electron chi connectivity index (χ3n) is 3.99. The van der Waals surface area contributed by atoms with Gasteiger partial charge in [0, 0.05) is 23.1 Å². The van der Waals surface area contributed by atoms with Crippen molar-refractivity contribution < 1.29 is 9.90 Å². The van der Waals surface area contributed by atoms with Crippen LogP contribution in [0.4, 0.5) is 0 Å². The highest BCUT2D eigenvalue weighted by Crippen LogP contribution is 2.25. The molecule has 0 radical (unpaired) electrons. The van der Waals surface area contributed by atoms with Gasteiger partial charge in [-0.15, -0.1) is 5.10 Å². The number of pyridine rings is 1. The van der Waals surface area contributed by atoms with E-state index in [9.17, 15) is 9.90 Å². The first-order valence-electron chi connectivity index (χ1n) is 7.21. The van der Waals surface area contributed by atoms with Crippen molar-refractivity contribution in [3.05, 3.63) is 34.3 Å². The van der Waals surface area contributed by atoms with Gasteiger partial charge < -0.3 is 9.90 Å². The molecule has 0 N–H and O–H groups in total. The molecule has 0 spiro atoms. The molecule has 3 aromatic rings. The molecule has 0 fully saturated rings. The molecule has 114 valence electrons. The summed E-state index contributed by atoms with van der Waals surface area (Å²) in [6.45, 7) is 7.79. The summed E-state index contributed by atoms with van der Waals surface area (Å²) in [6, 6.07) is 2.01. The fraction of sp³-hybridized carbons (Fsp3) is 0.375. The first-order valence-corrected chi connectivity index (χ1v) is 7.21. The topological polar surface area (TPSA) is 83.2 Å². The van der Waals surface area contributed by atoms with Crippen molar-refractivity contribution in [3.8, 4) is 0 Å². The number of aryl methyl sites for hydroxylation is 4. The van der Waals surface area contributed by atoms with E-state index in [0.717, 1.165) is 39.2 Å². The Morgan fingerprint density at radius 1 is 1.23 bits per heavy atom. The van der Waals surface area contributed by atoms with Crippen molar-refractivity contribution in [2.45, 2.75) is 40.5 Å². The summed E-state index contributed by atoms with van der Waals surface area (Å²) >= 11 is 0. The van der Waals surface area contributed by atoms with Crippen molar-refractivity contribution >= 4 is 22.6 Å². The maximum absolute atomic E-state index is 10.7. The monoisotopic (exact) mass is 297 g/mol. The van der Waals surface area contributed by atoms with Crippen LogP contribution in [-0.4, -0.2) is 25.6 Å². The maximum Gasteiger partial charge on any atom is 0.184 e. The smallest absolute Gasteiger partial charge is 0.184 e. The molecule has 0 aromatic carbocycles. The van der Waals surface area contributed by atoms with E-state index in [4.69, 9.17) is 0 Å². The van der Waals surface area contributed by atoms with Crippen LogP contribution in [0.5, 0.6) is 0 Å². The Balaban J connectivity index is 2.29. The number of aliphatic carboxylic acids is 1. The number of rotatable bonds is 3. The number of nitrogens with zero attached hydrogens (tertiary/aromatic N) is 4. The highest BCUT2D eigenvalue weighted by Gasteiger charge is 2.16. The summed E-state index contributed by atoms with van der Waals surface area (Å²) in [7, 11) is 0. The first kappa shape index (κ1) is 14.4. The first-order chi connectivity index (χ1) is 10.4. The minimum absolute atomic E-state index is 0.0218. The number of hydrogen-bond donors (Lipinski definition) is 0. The largest absolute Gasteiger partial charge is 0.550 e. The maximum atomic E-state index is 10.7. The van der Waals surface area contributed by atoms with Crippen LogP contribution >= 0.6 is 0 Å². The lowest BCUT2D eigenvalue weighted by atomic mass is 10.1. The van der Waals surface area contributed by atoms with E-state index in [0.29, 0.717) is 12.1 Å². The molecule has 0 unspecified atom stereocenters. The lowest BCUT2D eigenvalue weighted by molar-refractivity contribution is -0.305. The predicted octanol–water partition coefficient (Wildman–Crippen LogP) is 1.19. The number of carbonyl (C=O) groups is 1. The molecule has 22 heavy (non-hydrogen) atoms. The zero-order valence-corrected chi connectivity index (χ0v) is 13.1. The molecule has 0 aliphatic carbocycles. The van der Waals surface area contributed by atoms with Crippen LogP contribution in [-0.2, 0) is 11.2 Å². The number of aromatic nitrogens is 4. The highest BCUT2D eigenvalue weighted by molar-refractivity contribution is 5.92. The molecule has 6 heteroatoms. The lowest BCUT2D eigenvalue weighted by Crippen LogP contribution is -2.23. The zero-order valence-electron chi connectivity index (χ0n) is 13.1. The summed E-state index contributed by atoms with van der Waals surface area (Å²) in [5.74, 6) is -1.06. The van der Waals surface area contributed by atoms with Crippen molar-refractivity contribution in [2.24, 2.45) is 0 Å². The molecule has 0 atom stereocenters. The second-order valence-corrected chi connectivity index (χ2v) is 5.65. The molecular weight excluding hydrogens is 280 g/mol. The zero-order chi connectivity index (χ0) is 16.0. The average Bonchev–Trinajstić information content (AvgIpc) is 2.76. The fourth-order valence-corrected chi connectivity index (χ4v) is 2.96. The van der Waals surface area contributed by atoms with E-state index in [-0.39, 0.29) is 6.42 Å². The Morgan fingerprint density at radius 2 is 1.95 bits per heavy atom. The molecule has 3 aromatic heterocycles. The summed E-state index contributed by atoms with van der Waals surface area (Å²) < 4.78 is 1.77. The lowest BCUT2D eigenvalue weighted by Gasteiger charge is -2.11. The van der Waals surface area contributed by atoms with Crippen LogP contribution in [0.2, 0.25) is 0 Å². The van der Waals surface area contributed by atoms with E-state index in [1.54, 1.807) is 4.52 Å². The minimum Gasteiger partial charge on any atom is -0.550 e. The van der Waals surface area contributed by atoms with Gasteiger partial charge in [-0.25, -0.2) is 14.5 Å². The molecule has 6 nitrogen and oxygen atoms in total. The Labute approximate surface area is 127 Å². The van der Waals surface area contributed by atoms with E-state index in [1.807, 2.05) is 33.8 Å². The van der Waals surface area contributed by atoms with Crippen molar-refractivity contribution in [3.63, 3.8) is 0 Å². The normalized spacial score (nSPS) is 11.5. The molecule has 0 saturated carbocycles. The number of fused-ring (bicyclic) bond motifs is 3. The molecule has 0 saturated heterocycles. The summed E-state index contributed by atoms with van der Waals surface area (Å²) in [5, 5.41) is 16.2. The standard InChI is InChI=1S/C16H18N4O2/c1-8-7-9(2)17-15-14(8)16-18-10(3)12(5-6-13(21)22)11(4)20(16)19-15/h7H,5-6H2,1-4H3,(H,21,22)/p-1. The Morgan fingerprint density at radius 3 is 2.64 bits per heavy atom. The average molecular weight is 297 g/mol. The van der Waals surface area contributed by atoms with E-state index >= 15 is 0 Å². The van der Waals surface area contributed by atoms with Gasteiger partial charge in [-0.2, -0.15) is 0 Å². The number of hydrogen-bond acceptors (Lipinski definition) is 5. The quantitative estimate of drug-likeness (QED) is 0.725.